The first-order valence-corrected chi connectivity index (χ1v) is 6.90. The fourth-order valence-electron chi connectivity index (χ4n) is 3.31. The Morgan fingerprint density at radius 3 is 3.24 bits per heavy atom. The highest BCUT2D eigenvalue weighted by atomic mass is 79.9. The molecule has 0 radical (unpaired) electrons. The van der Waals surface area contributed by atoms with Crippen molar-refractivity contribution in [3.8, 4) is 0 Å². The van der Waals surface area contributed by atoms with E-state index in [0.717, 1.165) is 17.3 Å². The lowest BCUT2D eigenvalue weighted by atomic mass is 9.88. The topological polar surface area (TPSA) is 42.0 Å². The molecule has 3 nitrogen and oxygen atoms in total. The van der Waals surface area contributed by atoms with E-state index >= 15 is 0 Å². The molecule has 3 rings (SSSR count). The van der Waals surface area contributed by atoms with E-state index in [4.69, 9.17) is 0 Å². The van der Waals surface area contributed by atoms with Gasteiger partial charge in [0.15, 0.2) is 0 Å². The number of carbonyl (C=O) groups is 1. The Hall–Kier alpha value is -0.900. The van der Waals surface area contributed by atoms with Crippen LogP contribution in [0.3, 0.4) is 0 Å². The average Bonchev–Trinajstić information content (AvgIpc) is 2.86. The van der Waals surface area contributed by atoms with Gasteiger partial charge in [0, 0.05) is 28.9 Å². The Bertz CT molecular complexity index is 488. The van der Waals surface area contributed by atoms with E-state index < -0.39 is 0 Å². The summed E-state index contributed by atoms with van der Waals surface area (Å²) in [6, 6.07) is 0. The van der Waals surface area contributed by atoms with Crippen LogP contribution in [0.2, 0.25) is 0 Å². The highest BCUT2D eigenvalue weighted by Crippen LogP contribution is 2.57. The van der Waals surface area contributed by atoms with Gasteiger partial charge < -0.3 is 5.32 Å². The van der Waals surface area contributed by atoms with Gasteiger partial charge in [-0.2, -0.15) is 0 Å². The highest BCUT2D eigenvalue weighted by Gasteiger charge is 2.50. The molecule has 4 heteroatoms. The second kappa shape index (κ2) is 3.80. The van der Waals surface area contributed by atoms with Crippen LogP contribution >= 0.6 is 15.9 Å². The first kappa shape index (κ1) is 11.2. The molecule has 17 heavy (non-hydrogen) atoms. The van der Waals surface area contributed by atoms with Gasteiger partial charge in [-0.05, 0) is 46.7 Å². The monoisotopic (exact) mass is 294 g/mol. The van der Waals surface area contributed by atoms with Crippen molar-refractivity contribution in [3.05, 3.63) is 28.0 Å². The van der Waals surface area contributed by atoms with Gasteiger partial charge in [0.2, 0.25) is 5.91 Å². The molecule has 1 saturated carbocycles. The summed E-state index contributed by atoms with van der Waals surface area (Å²) < 4.78 is 1.09. The number of halogens is 1. The number of nitrogens with zero attached hydrogens (tertiary/aromatic N) is 1. The lowest BCUT2D eigenvalue weighted by Gasteiger charge is -2.30. The number of nitrogens with one attached hydrogen (secondary N) is 1. The maximum Gasteiger partial charge on any atom is 0.220 e. The highest BCUT2D eigenvalue weighted by molar-refractivity contribution is 9.10. The molecular weight excluding hydrogens is 280 g/mol. The summed E-state index contributed by atoms with van der Waals surface area (Å²) in [5.74, 6) is 0.720. The van der Waals surface area contributed by atoms with E-state index in [2.05, 4.69) is 26.2 Å². The van der Waals surface area contributed by atoms with Crippen molar-refractivity contribution in [2.24, 2.45) is 0 Å². The number of carbonyl (C=O) groups excluding carboxylic acids is 1. The van der Waals surface area contributed by atoms with Crippen LogP contribution in [-0.2, 0) is 10.3 Å². The van der Waals surface area contributed by atoms with Crippen LogP contribution in [0.1, 0.15) is 49.7 Å². The number of fused-ring (bicyclic) bond motifs is 5. The smallest absolute Gasteiger partial charge is 0.220 e. The third-order valence-corrected chi connectivity index (χ3v) is 4.71. The predicted molar refractivity (Wildman–Crippen MR) is 68.6 cm³/mol. The minimum Gasteiger partial charge on any atom is -0.347 e. The van der Waals surface area contributed by atoms with E-state index in [0.29, 0.717) is 12.3 Å². The molecule has 0 aromatic carbocycles. The quantitative estimate of drug-likeness (QED) is 0.911. The van der Waals surface area contributed by atoms with Crippen LogP contribution in [0.25, 0.3) is 0 Å². The van der Waals surface area contributed by atoms with Gasteiger partial charge in [-0.25, -0.2) is 0 Å². The van der Waals surface area contributed by atoms with E-state index in [-0.39, 0.29) is 11.4 Å². The summed E-state index contributed by atoms with van der Waals surface area (Å²) in [6.45, 7) is 1.90. The Kier molecular flexibility index (Phi) is 2.51. The lowest BCUT2D eigenvalue weighted by Crippen LogP contribution is -2.42. The van der Waals surface area contributed by atoms with Crippen LogP contribution in [0.5, 0.6) is 0 Å². The van der Waals surface area contributed by atoms with Crippen molar-refractivity contribution in [3.63, 3.8) is 0 Å². The Morgan fingerprint density at radius 2 is 2.47 bits per heavy atom. The number of amides is 1. The zero-order valence-corrected chi connectivity index (χ0v) is 11.4. The Labute approximate surface area is 109 Å². The molecule has 1 amide bonds. The first-order valence-electron chi connectivity index (χ1n) is 6.11. The molecule has 2 bridgehead atoms. The normalized spacial score (nSPS) is 29.2. The predicted octanol–water partition coefficient (Wildman–Crippen LogP) is 2.85. The number of hydrogen-bond donors (Lipinski definition) is 1. The van der Waals surface area contributed by atoms with Crippen LogP contribution in [0.15, 0.2) is 16.9 Å². The van der Waals surface area contributed by atoms with Gasteiger partial charge in [-0.1, -0.05) is 6.92 Å². The Balaban J connectivity index is 2.05. The van der Waals surface area contributed by atoms with Crippen LogP contribution in [0, 0.1) is 0 Å². The van der Waals surface area contributed by atoms with E-state index in [1.165, 1.54) is 17.5 Å². The molecule has 0 aliphatic heterocycles. The summed E-state index contributed by atoms with van der Waals surface area (Å²) in [4.78, 5) is 16.0. The summed E-state index contributed by atoms with van der Waals surface area (Å²) >= 11 is 3.58. The van der Waals surface area contributed by atoms with Crippen molar-refractivity contribution in [2.45, 2.75) is 44.1 Å². The molecule has 1 fully saturated rings. The SMILES string of the molecule is CCC(=O)NC12CCC(C1)c1c(Br)cncc12. The van der Waals surface area contributed by atoms with Crippen LogP contribution < -0.4 is 5.32 Å². The maximum atomic E-state index is 11.7. The van der Waals surface area contributed by atoms with Crippen molar-refractivity contribution in [1.82, 2.24) is 10.3 Å². The summed E-state index contributed by atoms with van der Waals surface area (Å²) in [5, 5.41) is 3.22. The number of rotatable bonds is 2. The van der Waals surface area contributed by atoms with Crippen molar-refractivity contribution in [2.75, 3.05) is 0 Å². The molecule has 90 valence electrons. The molecule has 1 aromatic heterocycles. The number of aromatic nitrogens is 1. The molecule has 2 aliphatic carbocycles. The van der Waals surface area contributed by atoms with Crippen LogP contribution in [-0.4, -0.2) is 10.9 Å². The number of hydrogen-bond acceptors (Lipinski definition) is 2. The molecule has 0 saturated heterocycles. The second-order valence-electron chi connectivity index (χ2n) is 5.01. The third-order valence-electron chi connectivity index (χ3n) is 4.08. The molecule has 1 aromatic rings. The van der Waals surface area contributed by atoms with Gasteiger partial charge >= 0.3 is 0 Å². The fourth-order valence-corrected chi connectivity index (χ4v) is 3.97. The first-order chi connectivity index (χ1) is 8.16. The van der Waals surface area contributed by atoms with E-state index in [1.54, 1.807) is 0 Å². The molecule has 2 aliphatic rings. The molecule has 2 unspecified atom stereocenters. The standard InChI is InChI=1S/C13H15BrN2O/c1-2-11(17)16-13-4-3-8(5-13)12-9(13)6-15-7-10(12)14/h6-8H,2-5H2,1H3,(H,16,17). The molecule has 2 atom stereocenters. The second-order valence-corrected chi connectivity index (χ2v) is 5.86. The van der Waals surface area contributed by atoms with Gasteiger partial charge in [0.25, 0.3) is 0 Å². The summed E-state index contributed by atoms with van der Waals surface area (Å²) in [7, 11) is 0. The molecule has 0 spiro atoms. The van der Waals surface area contributed by atoms with Crippen molar-refractivity contribution < 1.29 is 4.79 Å². The number of pyridine rings is 1. The minimum atomic E-state index is -0.135. The van der Waals surface area contributed by atoms with Gasteiger partial charge in [-0.15, -0.1) is 0 Å². The van der Waals surface area contributed by atoms with Gasteiger partial charge in [0.1, 0.15) is 0 Å². The minimum absolute atomic E-state index is 0.135. The summed E-state index contributed by atoms with van der Waals surface area (Å²) in [5.41, 5.74) is 2.46. The lowest BCUT2D eigenvalue weighted by molar-refractivity contribution is -0.122. The van der Waals surface area contributed by atoms with Crippen molar-refractivity contribution in [1.29, 1.82) is 0 Å². The zero-order chi connectivity index (χ0) is 12.0. The maximum absolute atomic E-state index is 11.7. The van der Waals surface area contributed by atoms with Gasteiger partial charge in [0.05, 0.1) is 5.54 Å². The zero-order valence-electron chi connectivity index (χ0n) is 9.79. The third kappa shape index (κ3) is 1.53. The van der Waals surface area contributed by atoms with E-state index in [9.17, 15) is 4.79 Å². The average molecular weight is 295 g/mol. The Morgan fingerprint density at radius 1 is 1.65 bits per heavy atom. The van der Waals surface area contributed by atoms with Crippen molar-refractivity contribution >= 4 is 21.8 Å². The van der Waals surface area contributed by atoms with Gasteiger partial charge in [-0.3, -0.25) is 9.78 Å². The summed E-state index contributed by atoms with van der Waals surface area (Å²) in [6.07, 6.45) is 7.58. The largest absolute Gasteiger partial charge is 0.347 e. The fraction of sp³-hybridized carbons (Fsp3) is 0.538. The molecule has 1 N–H and O–H groups in total. The molecule has 1 heterocycles. The molecular formula is C13H15BrN2O. The van der Waals surface area contributed by atoms with E-state index in [1.807, 2.05) is 19.3 Å². The van der Waals surface area contributed by atoms with Crippen LogP contribution in [0.4, 0.5) is 0 Å².